The van der Waals surface area contributed by atoms with Crippen molar-refractivity contribution >= 4 is 17.6 Å². The number of aromatic hydroxyl groups is 1. The quantitative estimate of drug-likeness (QED) is 0.328. The Morgan fingerprint density at radius 3 is 2.38 bits per heavy atom. The molecule has 0 bridgehead atoms. The molecule has 2 aromatic rings. The monoisotopic (exact) mass is 366 g/mol. The van der Waals surface area contributed by atoms with Gasteiger partial charge in [0.15, 0.2) is 11.6 Å². The zero-order valence-corrected chi connectivity index (χ0v) is 12.8. The first-order chi connectivity index (χ1) is 12.1. The van der Waals surface area contributed by atoms with Crippen molar-refractivity contribution in [2.24, 2.45) is 16.5 Å². The van der Waals surface area contributed by atoms with Crippen LogP contribution in [0.15, 0.2) is 35.3 Å². The molecule has 0 fully saturated rings. The van der Waals surface area contributed by atoms with Crippen LogP contribution in [0.25, 0.3) is 16.0 Å². The van der Waals surface area contributed by atoms with Gasteiger partial charge in [0.05, 0.1) is 17.7 Å². The predicted molar refractivity (Wildman–Crippen MR) is 84.9 cm³/mol. The highest BCUT2D eigenvalue weighted by Crippen LogP contribution is 2.42. The third-order valence-corrected chi connectivity index (χ3v) is 3.29. The number of guanidine groups is 1. The molecule has 0 aromatic heterocycles. The molecule has 2 aromatic carbocycles. The van der Waals surface area contributed by atoms with Gasteiger partial charge in [0.2, 0.25) is 0 Å². The number of nitrogens with zero attached hydrogens (tertiary/aromatic N) is 2. The van der Waals surface area contributed by atoms with Gasteiger partial charge in [-0.2, -0.15) is 18.2 Å². The number of hydrogen-bond acceptors (Lipinski definition) is 2. The largest absolute Gasteiger partial charge is 0.507 e. The van der Waals surface area contributed by atoms with Gasteiger partial charge in [-0.1, -0.05) is 6.07 Å². The van der Waals surface area contributed by atoms with Gasteiger partial charge < -0.3 is 16.6 Å². The lowest BCUT2D eigenvalue weighted by Crippen LogP contribution is -2.24. The van der Waals surface area contributed by atoms with Crippen LogP contribution in [0.2, 0.25) is 0 Å². The molecule has 2 rings (SSSR count). The van der Waals surface area contributed by atoms with E-state index in [1.54, 1.807) is 0 Å². The van der Waals surface area contributed by atoms with Crippen molar-refractivity contribution in [3.63, 3.8) is 0 Å². The first-order valence-corrected chi connectivity index (χ1v) is 6.80. The second-order valence-corrected chi connectivity index (χ2v) is 5.00. The summed E-state index contributed by atoms with van der Waals surface area (Å²) in [5, 5.41) is 9.96. The number of benzene rings is 2. The summed E-state index contributed by atoms with van der Waals surface area (Å²) in [4.78, 5) is 18.4. The number of carbonyl (C=O) groups excluding carboxylic acids is 1. The SMILES string of the molecule is [C-]#[N+]c1ccc(O)c(C(=O)N=C(N)N)c1-c1cc(C(F)(F)F)ccc1F. The van der Waals surface area contributed by atoms with Crippen molar-refractivity contribution in [2.45, 2.75) is 6.18 Å². The van der Waals surface area contributed by atoms with Crippen LogP contribution >= 0.6 is 0 Å². The van der Waals surface area contributed by atoms with E-state index in [2.05, 4.69) is 9.84 Å². The molecule has 0 aliphatic carbocycles. The summed E-state index contributed by atoms with van der Waals surface area (Å²) in [7, 11) is 0. The molecule has 0 aliphatic heterocycles. The van der Waals surface area contributed by atoms with E-state index in [0.29, 0.717) is 18.2 Å². The number of alkyl halides is 3. The van der Waals surface area contributed by atoms with Gasteiger partial charge in [-0.05, 0) is 24.3 Å². The fourth-order valence-electron chi connectivity index (χ4n) is 2.23. The molecular formula is C16H10F4N4O2. The van der Waals surface area contributed by atoms with Gasteiger partial charge in [0.1, 0.15) is 11.6 Å². The number of rotatable bonds is 2. The van der Waals surface area contributed by atoms with Crippen molar-refractivity contribution < 1.29 is 27.5 Å². The standard InChI is InChI=1S/C16H10F4N4O2/c1-23-10-4-5-11(25)13(14(26)24-15(21)22)12(10)8-6-7(16(18,19)20)2-3-9(8)17/h2-6,25H,(H4,21,22,24,26). The third-order valence-electron chi connectivity index (χ3n) is 3.29. The molecule has 0 saturated heterocycles. The summed E-state index contributed by atoms with van der Waals surface area (Å²) in [6, 6.07) is 3.48. The highest BCUT2D eigenvalue weighted by molar-refractivity contribution is 6.10. The molecule has 0 radical (unpaired) electrons. The van der Waals surface area contributed by atoms with Crippen molar-refractivity contribution in [3.8, 4) is 16.9 Å². The summed E-state index contributed by atoms with van der Waals surface area (Å²) in [5.41, 5.74) is 6.69. The van der Waals surface area contributed by atoms with Gasteiger partial charge in [0.25, 0.3) is 5.91 Å². The maximum absolute atomic E-state index is 14.2. The van der Waals surface area contributed by atoms with E-state index in [-0.39, 0.29) is 5.69 Å². The number of phenols is 1. The number of halogens is 4. The summed E-state index contributed by atoms with van der Waals surface area (Å²) < 4.78 is 53.1. The number of nitrogens with two attached hydrogens (primary N) is 2. The normalized spacial score (nSPS) is 10.9. The van der Waals surface area contributed by atoms with Crippen molar-refractivity contribution in [2.75, 3.05) is 0 Å². The lowest BCUT2D eigenvalue weighted by molar-refractivity contribution is -0.137. The molecule has 0 spiro atoms. The minimum Gasteiger partial charge on any atom is -0.507 e. The van der Waals surface area contributed by atoms with Gasteiger partial charge >= 0.3 is 6.18 Å². The molecule has 134 valence electrons. The maximum atomic E-state index is 14.2. The van der Waals surface area contributed by atoms with Crippen molar-refractivity contribution in [3.05, 3.63) is 58.7 Å². The van der Waals surface area contributed by atoms with Crippen LogP contribution in [0.1, 0.15) is 15.9 Å². The number of amides is 1. The second kappa shape index (κ2) is 6.72. The molecule has 0 unspecified atom stereocenters. The Bertz CT molecular complexity index is 958. The van der Waals surface area contributed by atoms with E-state index in [1.807, 2.05) is 0 Å². The number of aliphatic imine (C=N–C) groups is 1. The van der Waals surface area contributed by atoms with Crippen molar-refractivity contribution in [1.82, 2.24) is 0 Å². The second-order valence-electron chi connectivity index (χ2n) is 5.00. The first kappa shape index (κ1) is 18.7. The Hall–Kier alpha value is -3.61. The summed E-state index contributed by atoms with van der Waals surface area (Å²) in [6.45, 7) is 7.13. The zero-order chi connectivity index (χ0) is 19.6. The van der Waals surface area contributed by atoms with Crippen LogP contribution < -0.4 is 11.5 Å². The van der Waals surface area contributed by atoms with Crippen LogP contribution in [0.3, 0.4) is 0 Å². The minimum atomic E-state index is -4.79. The third kappa shape index (κ3) is 3.56. The number of hydrogen-bond donors (Lipinski definition) is 3. The molecule has 0 heterocycles. The van der Waals surface area contributed by atoms with Crippen LogP contribution in [-0.2, 0) is 6.18 Å². The van der Waals surface area contributed by atoms with Crippen LogP contribution in [0.5, 0.6) is 5.75 Å². The Labute approximate surface area is 144 Å². The zero-order valence-electron chi connectivity index (χ0n) is 12.8. The Kier molecular flexibility index (Phi) is 4.84. The molecule has 5 N–H and O–H groups in total. The first-order valence-electron chi connectivity index (χ1n) is 6.80. The minimum absolute atomic E-state index is 0.366. The van der Waals surface area contributed by atoms with Crippen molar-refractivity contribution in [1.29, 1.82) is 0 Å². The average molecular weight is 366 g/mol. The molecular weight excluding hydrogens is 356 g/mol. The number of phenolic OH excluding ortho intramolecular Hbond substituents is 1. The van der Waals surface area contributed by atoms with E-state index in [4.69, 9.17) is 18.0 Å². The van der Waals surface area contributed by atoms with Crippen LogP contribution in [0.4, 0.5) is 23.2 Å². The highest BCUT2D eigenvalue weighted by atomic mass is 19.4. The van der Waals surface area contributed by atoms with Gasteiger partial charge in [-0.15, -0.1) is 0 Å². The van der Waals surface area contributed by atoms with E-state index in [1.165, 1.54) is 0 Å². The molecule has 26 heavy (non-hydrogen) atoms. The molecule has 0 saturated carbocycles. The van der Waals surface area contributed by atoms with E-state index in [0.717, 1.165) is 12.1 Å². The van der Waals surface area contributed by atoms with Crippen LogP contribution in [-0.4, -0.2) is 17.0 Å². The maximum Gasteiger partial charge on any atom is 0.416 e. The van der Waals surface area contributed by atoms with Crippen LogP contribution in [0, 0.1) is 12.4 Å². The van der Waals surface area contributed by atoms with Gasteiger partial charge in [0, 0.05) is 11.1 Å². The molecule has 0 aliphatic rings. The Balaban J connectivity index is 2.90. The molecule has 6 nitrogen and oxygen atoms in total. The highest BCUT2D eigenvalue weighted by Gasteiger charge is 2.32. The smallest absolute Gasteiger partial charge is 0.416 e. The summed E-state index contributed by atoms with van der Waals surface area (Å²) >= 11 is 0. The summed E-state index contributed by atoms with van der Waals surface area (Å²) in [5.74, 6) is -3.77. The fourth-order valence-corrected chi connectivity index (χ4v) is 2.23. The topological polar surface area (TPSA) is 106 Å². The Morgan fingerprint density at radius 2 is 1.85 bits per heavy atom. The average Bonchev–Trinajstić information content (AvgIpc) is 2.53. The predicted octanol–water partition coefficient (Wildman–Crippen LogP) is 3.18. The van der Waals surface area contributed by atoms with E-state index >= 15 is 0 Å². The molecule has 1 amide bonds. The van der Waals surface area contributed by atoms with E-state index in [9.17, 15) is 27.5 Å². The molecule has 10 heteroatoms. The fraction of sp³-hybridized carbons (Fsp3) is 0.0625. The Morgan fingerprint density at radius 1 is 1.19 bits per heavy atom. The summed E-state index contributed by atoms with van der Waals surface area (Å²) in [6.07, 6.45) is -4.79. The molecule has 0 atom stereocenters. The lowest BCUT2D eigenvalue weighted by atomic mass is 9.94. The van der Waals surface area contributed by atoms with Gasteiger partial charge in [-0.25, -0.2) is 9.24 Å². The van der Waals surface area contributed by atoms with Gasteiger partial charge in [-0.3, -0.25) is 4.79 Å². The van der Waals surface area contributed by atoms with E-state index < -0.39 is 51.9 Å². The number of carbonyl (C=O) groups is 1. The lowest BCUT2D eigenvalue weighted by Gasteiger charge is -2.14.